The first kappa shape index (κ1) is 9.95. The number of allylic oxidation sites excluding steroid dienone is 2. The van der Waals surface area contributed by atoms with Crippen LogP contribution in [0.15, 0.2) is 24.8 Å². The second-order valence-corrected chi connectivity index (χ2v) is 2.42. The van der Waals surface area contributed by atoms with Crippen LogP contribution in [0.3, 0.4) is 0 Å². The molecular formula is C9H14O2. The zero-order chi connectivity index (χ0) is 8.69. The lowest BCUT2D eigenvalue weighted by Crippen LogP contribution is -2.05. The molecule has 0 saturated heterocycles. The van der Waals surface area contributed by atoms with E-state index in [-0.39, 0.29) is 5.92 Å². The van der Waals surface area contributed by atoms with Gasteiger partial charge in [-0.15, -0.1) is 6.58 Å². The van der Waals surface area contributed by atoms with Crippen molar-refractivity contribution in [2.24, 2.45) is 5.92 Å². The molecule has 0 bridgehead atoms. The van der Waals surface area contributed by atoms with Crippen LogP contribution in [-0.2, 0) is 4.79 Å². The molecule has 0 aliphatic carbocycles. The van der Waals surface area contributed by atoms with Gasteiger partial charge in [0.05, 0.1) is 5.92 Å². The van der Waals surface area contributed by atoms with Gasteiger partial charge in [-0.05, 0) is 19.8 Å². The van der Waals surface area contributed by atoms with Gasteiger partial charge in [0.25, 0.3) is 0 Å². The lowest BCUT2D eigenvalue weighted by molar-refractivity contribution is -0.139. The number of unbranched alkanes of at least 4 members (excludes halogenated alkanes) is 1. The van der Waals surface area contributed by atoms with Gasteiger partial charge >= 0.3 is 5.97 Å². The van der Waals surface area contributed by atoms with Crippen molar-refractivity contribution in [3.05, 3.63) is 24.8 Å². The van der Waals surface area contributed by atoms with Crippen LogP contribution in [0.2, 0.25) is 0 Å². The van der Waals surface area contributed by atoms with E-state index in [0.717, 1.165) is 12.8 Å². The van der Waals surface area contributed by atoms with E-state index in [4.69, 9.17) is 5.11 Å². The summed E-state index contributed by atoms with van der Waals surface area (Å²) in [5.41, 5.74) is 0. The fraction of sp³-hybridized carbons (Fsp3) is 0.444. The SMILES string of the molecule is C=CCC/C=C\C(C)C(=O)O. The van der Waals surface area contributed by atoms with Gasteiger partial charge in [0.1, 0.15) is 0 Å². The normalized spacial score (nSPS) is 13.2. The summed E-state index contributed by atoms with van der Waals surface area (Å²) in [6.45, 7) is 5.22. The summed E-state index contributed by atoms with van der Waals surface area (Å²) in [6, 6.07) is 0. The molecule has 2 nitrogen and oxygen atoms in total. The van der Waals surface area contributed by atoms with Crippen molar-refractivity contribution in [3.8, 4) is 0 Å². The molecule has 1 N–H and O–H groups in total. The maximum absolute atomic E-state index is 10.3. The Morgan fingerprint density at radius 1 is 1.64 bits per heavy atom. The monoisotopic (exact) mass is 154 g/mol. The van der Waals surface area contributed by atoms with Crippen LogP contribution in [-0.4, -0.2) is 11.1 Å². The smallest absolute Gasteiger partial charge is 0.310 e. The average molecular weight is 154 g/mol. The number of carbonyl (C=O) groups is 1. The van der Waals surface area contributed by atoms with Crippen LogP contribution in [0.5, 0.6) is 0 Å². The van der Waals surface area contributed by atoms with Crippen molar-refractivity contribution in [1.82, 2.24) is 0 Å². The molecule has 0 aromatic carbocycles. The van der Waals surface area contributed by atoms with Crippen LogP contribution in [0.4, 0.5) is 0 Å². The Balaban J connectivity index is 3.56. The first-order valence-corrected chi connectivity index (χ1v) is 3.69. The van der Waals surface area contributed by atoms with Gasteiger partial charge in [0, 0.05) is 0 Å². The van der Waals surface area contributed by atoms with Gasteiger partial charge in [-0.1, -0.05) is 18.2 Å². The van der Waals surface area contributed by atoms with Gasteiger partial charge < -0.3 is 5.11 Å². The second kappa shape index (κ2) is 5.71. The van der Waals surface area contributed by atoms with Crippen molar-refractivity contribution >= 4 is 5.97 Å². The fourth-order valence-corrected chi connectivity index (χ4v) is 0.597. The fourth-order valence-electron chi connectivity index (χ4n) is 0.597. The Bertz CT molecular complexity index is 159. The predicted molar refractivity (Wildman–Crippen MR) is 45.4 cm³/mol. The minimum Gasteiger partial charge on any atom is -0.481 e. The molecule has 62 valence electrons. The van der Waals surface area contributed by atoms with Crippen molar-refractivity contribution in [3.63, 3.8) is 0 Å². The molecule has 0 amide bonds. The maximum atomic E-state index is 10.3. The molecule has 1 atom stereocenters. The van der Waals surface area contributed by atoms with E-state index >= 15 is 0 Å². The zero-order valence-corrected chi connectivity index (χ0v) is 6.79. The maximum Gasteiger partial charge on any atom is 0.310 e. The van der Waals surface area contributed by atoms with E-state index in [0.29, 0.717) is 0 Å². The summed E-state index contributed by atoms with van der Waals surface area (Å²) in [4.78, 5) is 10.3. The molecule has 0 aromatic rings. The average Bonchev–Trinajstić information content (AvgIpc) is 1.97. The Morgan fingerprint density at radius 3 is 2.73 bits per heavy atom. The van der Waals surface area contributed by atoms with Crippen LogP contribution < -0.4 is 0 Å². The summed E-state index contributed by atoms with van der Waals surface area (Å²) < 4.78 is 0. The van der Waals surface area contributed by atoms with E-state index in [1.165, 1.54) is 0 Å². The number of hydrogen-bond acceptors (Lipinski definition) is 1. The van der Waals surface area contributed by atoms with E-state index in [2.05, 4.69) is 6.58 Å². The van der Waals surface area contributed by atoms with Gasteiger partial charge in [0.15, 0.2) is 0 Å². The molecule has 0 saturated carbocycles. The number of carboxylic acid groups (broad SMARTS) is 1. The number of rotatable bonds is 5. The third-order valence-corrected chi connectivity index (χ3v) is 1.35. The Labute approximate surface area is 67.2 Å². The largest absolute Gasteiger partial charge is 0.481 e. The first-order valence-electron chi connectivity index (χ1n) is 3.69. The molecule has 11 heavy (non-hydrogen) atoms. The molecule has 0 fully saturated rings. The third-order valence-electron chi connectivity index (χ3n) is 1.35. The third kappa shape index (κ3) is 5.40. The van der Waals surface area contributed by atoms with Crippen molar-refractivity contribution in [1.29, 1.82) is 0 Å². The van der Waals surface area contributed by atoms with Crippen LogP contribution in [0.1, 0.15) is 19.8 Å². The lowest BCUT2D eigenvalue weighted by atomic mass is 10.1. The molecule has 0 spiro atoms. The summed E-state index contributed by atoms with van der Waals surface area (Å²) >= 11 is 0. The summed E-state index contributed by atoms with van der Waals surface area (Å²) in [5.74, 6) is -1.15. The zero-order valence-electron chi connectivity index (χ0n) is 6.79. The quantitative estimate of drug-likeness (QED) is 0.487. The molecule has 0 aliphatic rings. The number of carboxylic acids is 1. The molecular weight excluding hydrogens is 140 g/mol. The topological polar surface area (TPSA) is 37.3 Å². The minimum atomic E-state index is -0.778. The standard InChI is InChI=1S/C9H14O2/c1-3-4-5-6-7-8(2)9(10)11/h3,6-8H,1,4-5H2,2H3,(H,10,11)/b7-6-. The summed E-state index contributed by atoms with van der Waals surface area (Å²) in [7, 11) is 0. The second-order valence-electron chi connectivity index (χ2n) is 2.42. The molecule has 2 heteroatoms. The van der Waals surface area contributed by atoms with Crippen LogP contribution in [0.25, 0.3) is 0 Å². The van der Waals surface area contributed by atoms with Crippen LogP contribution in [0, 0.1) is 5.92 Å². The van der Waals surface area contributed by atoms with Gasteiger partial charge in [-0.2, -0.15) is 0 Å². The summed E-state index contributed by atoms with van der Waals surface area (Å²) in [5, 5.41) is 8.47. The highest BCUT2D eigenvalue weighted by Gasteiger charge is 2.03. The van der Waals surface area contributed by atoms with E-state index in [9.17, 15) is 4.79 Å². The van der Waals surface area contributed by atoms with Gasteiger partial charge in [-0.3, -0.25) is 4.79 Å². The molecule has 0 aromatic heterocycles. The van der Waals surface area contributed by atoms with E-state index in [1.54, 1.807) is 13.0 Å². The highest BCUT2D eigenvalue weighted by Crippen LogP contribution is 1.99. The molecule has 0 heterocycles. The molecule has 0 aliphatic heterocycles. The van der Waals surface area contributed by atoms with E-state index in [1.807, 2.05) is 12.2 Å². The van der Waals surface area contributed by atoms with Crippen molar-refractivity contribution in [2.75, 3.05) is 0 Å². The molecule has 0 rings (SSSR count). The Kier molecular flexibility index (Phi) is 5.17. The number of aliphatic carboxylic acids is 1. The highest BCUT2D eigenvalue weighted by atomic mass is 16.4. The first-order chi connectivity index (χ1) is 5.18. The lowest BCUT2D eigenvalue weighted by Gasteiger charge is -1.95. The van der Waals surface area contributed by atoms with Crippen LogP contribution >= 0.6 is 0 Å². The molecule has 1 unspecified atom stereocenters. The van der Waals surface area contributed by atoms with Gasteiger partial charge in [0.2, 0.25) is 0 Å². The van der Waals surface area contributed by atoms with Crippen molar-refractivity contribution in [2.45, 2.75) is 19.8 Å². The predicted octanol–water partition coefficient (Wildman–Crippen LogP) is 2.23. The number of hydrogen-bond donors (Lipinski definition) is 1. The molecule has 0 radical (unpaired) electrons. The summed E-state index contributed by atoms with van der Waals surface area (Å²) in [6.07, 6.45) is 7.17. The Morgan fingerprint density at radius 2 is 2.27 bits per heavy atom. The van der Waals surface area contributed by atoms with Crippen molar-refractivity contribution < 1.29 is 9.90 Å². The Hall–Kier alpha value is -1.05. The minimum absolute atomic E-state index is 0.375. The highest BCUT2D eigenvalue weighted by molar-refractivity contribution is 5.71. The van der Waals surface area contributed by atoms with Gasteiger partial charge in [-0.25, -0.2) is 0 Å². The van der Waals surface area contributed by atoms with E-state index < -0.39 is 5.97 Å².